The number of nitrogens with two attached hydrogens (primary N) is 1. The van der Waals surface area contributed by atoms with Gasteiger partial charge in [-0.15, -0.1) is 0 Å². The predicted molar refractivity (Wildman–Crippen MR) is 181 cm³/mol. The molecule has 5 N–H and O–H groups in total. The highest BCUT2D eigenvalue weighted by atomic mass is 32.2. The van der Waals surface area contributed by atoms with Crippen molar-refractivity contribution >= 4 is 39.5 Å². The number of nitrogens with one attached hydrogen (secondary N) is 2. The number of guanidine groups is 1. The van der Waals surface area contributed by atoms with Gasteiger partial charge in [-0.2, -0.15) is 17.5 Å². The van der Waals surface area contributed by atoms with Crippen LogP contribution in [0.25, 0.3) is 0 Å². The van der Waals surface area contributed by atoms with Crippen LogP contribution in [0.5, 0.6) is 11.5 Å². The highest BCUT2D eigenvalue weighted by Gasteiger charge is 2.38. The molecule has 1 aliphatic heterocycles. The van der Waals surface area contributed by atoms with Gasteiger partial charge >= 0.3 is 12.1 Å². The number of carboxylic acids is 1. The number of methoxy groups -OCH3 is 2. The number of aliphatic imine (C=N–C) groups is 1. The second kappa shape index (κ2) is 18.7. The molecule has 51 heavy (non-hydrogen) atoms. The number of ether oxygens (including phenoxy) is 3. The molecule has 4 rings (SSSR count). The fourth-order valence-corrected chi connectivity index (χ4v) is 7.00. The number of nitrogens with zero attached hydrogens (tertiary/aromatic N) is 2. The molecule has 18 heteroatoms. The highest BCUT2D eigenvalue weighted by Crippen LogP contribution is 2.30. The van der Waals surface area contributed by atoms with Crippen molar-refractivity contribution in [2.75, 3.05) is 45.8 Å². The third kappa shape index (κ3) is 12.4. The van der Waals surface area contributed by atoms with Crippen molar-refractivity contribution in [3.63, 3.8) is 0 Å². The van der Waals surface area contributed by atoms with Crippen LogP contribution in [0.15, 0.2) is 46.3 Å². The van der Waals surface area contributed by atoms with Crippen LogP contribution in [0.4, 0.5) is 18.9 Å². The molecule has 1 saturated carbocycles. The second-order valence-corrected chi connectivity index (χ2v) is 13.9. The van der Waals surface area contributed by atoms with Crippen molar-refractivity contribution < 1.29 is 55.3 Å². The quantitative estimate of drug-likeness (QED) is 0.195. The van der Waals surface area contributed by atoms with E-state index >= 15 is 0 Å². The van der Waals surface area contributed by atoms with Gasteiger partial charge in [-0.05, 0) is 54.7 Å². The van der Waals surface area contributed by atoms with E-state index in [0.29, 0.717) is 47.9 Å². The summed E-state index contributed by atoms with van der Waals surface area (Å²) < 4.78 is 75.5. The van der Waals surface area contributed by atoms with Crippen LogP contribution < -0.4 is 25.8 Å². The van der Waals surface area contributed by atoms with Gasteiger partial charge in [0.15, 0.2) is 17.5 Å². The number of alkyl halides is 3. The number of hydrogen-bond acceptors (Lipinski definition) is 9. The molecule has 1 atom stereocenters. The second-order valence-electron chi connectivity index (χ2n) is 12.0. The zero-order valence-corrected chi connectivity index (χ0v) is 29.4. The average Bonchev–Trinajstić information content (AvgIpc) is 3.09. The smallest absolute Gasteiger partial charge is 0.490 e. The Kier molecular flexibility index (Phi) is 15.0. The number of aryl methyl sites for hydroxylation is 1. The van der Waals surface area contributed by atoms with Gasteiger partial charge in [0.1, 0.15) is 6.04 Å². The maximum atomic E-state index is 13.7. The third-order valence-corrected chi connectivity index (χ3v) is 10.2. The number of anilines is 1. The summed E-state index contributed by atoms with van der Waals surface area (Å²) in [5.74, 6) is -2.40. The molecular formula is C33H44F3N5O9S. The van der Waals surface area contributed by atoms with Crippen molar-refractivity contribution in [3.8, 4) is 11.5 Å². The molecule has 282 valence electrons. The van der Waals surface area contributed by atoms with Gasteiger partial charge in [0.05, 0.1) is 38.7 Å². The molecule has 1 aliphatic carbocycles. The summed E-state index contributed by atoms with van der Waals surface area (Å²) in [7, 11) is -0.702. The highest BCUT2D eigenvalue weighted by molar-refractivity contribution is 7.89. The number of morpholine rings is 1. The SMILES string of the molecule is COc1ccc(CC(=O)NC(N)=N[C@H](CC2CCCCC2)C(=O)Nc2cc(S(=O)(=O)N3CCOCC3)ccc2C)cc1OC.O=C(O)C(F)(F)F. The summed E-state index contributed by atoms with van der Waals surface area (Å²) in [5.41, 5.74) is 7.93. The van der Waals surface area contributed by atoms with E-state index in [4.69, 9.17) is 29.8 Å². The van der Waals surface area contributed by atoms with Gasteiger partial charge < -0.3 is 30.4 Å². The van der Waals surface area contributed by atoms with Crippen LogP contribution in [0, 0.1) is 12.8 Å². The molecule has 0 aromatic heterocycles. The van der Waals surface area contributed by atoms with Crippen molar-refractivity contribution in [1.29, 1.82) is 0 Å². The Balaban J connectivity index is 0.000000908. The number of sulfonamides is 1. The number of amides is 2. The first kappa shape index (κ1) is 41.0. The Hall–Kier alpha value is -4.42. The number of hydrogen-bond donors (Lipinski definition) is 4. The lowest BCUT2D eigenvalue weighted by atomic mass is 9.84. The molecule has 0 radical (unpaired) electrons. The van der Waals surface area contributed by atoms with E-state index in [1.165, 1.54) is 24.6 Å². The lowest BCUT2D eigenvalue weighted by Gasteiger charge is -2.26. The van der Waals surface area contributed by atoms with E-state index in [-0.39, 0.29) is 36.3 Å². The van der Waals surface area contributed by atoms with Crippen molar-refractivity contribution in [3.05, 3.63) is 47.5 Å². The number of rotatable bonds is 11. The third-order valence-electron chi connectivity index (χ3n) is 8.28. The van der Waals surface area contributed by atoms with E-state index in [1.54, 1.807) is 37.3 Å². The molecule has 0 bridgehead atoms. The Morgan fingerprint density at radius 3 is 2.25 bits per heavy atom. The van der Waals surface area contributed by atoms with Crippen LogP contribution in [0.1, 0.15) is 49.7 Å². The summed E-state index contributed by atoms with van der Waals surface area (Å²) in [5, 5.41) is 12.6. The predicted octanol–water partition coefficient (Wildman–Crippen LogP) is 3.62. The zero-order chi connectivity index (χ0) is 37.8. The maximum absolute atomic E-state index is 13.7. The number of carbonyl (C=O) groups is 3. The Morgan fingerprint density at radius 2 is 1.67 bits per heavy atom. The van der Waals surface area contributed by atoms with E-state index in [0.717, 1.165) is 32.1 Å². The van der Waals surface area contributed by atoms with Gasteiger partial charge in [0, 0.05) is 18.8 Å². The first-order valence-electron chi connectivity index (χ1n) is 16.2. The number of carboxylic acid groups (broad SMARTS) is 1. The molecular weight excluding hydrogens is 699 g/mol. The first-order valence-corrected chi connectivity index (χ1v) is 17.6. The monoisotopic (exact) mass is 743 g/mol. The molecule has 2 aliphatic rings. The molecule has 2 aromatic rings. The fourth-order valence-electron chi connectivity index (χ4n) is 5.57. The standard InChI is InChI=1S/C31H43N5O7S.C2HF3O2/c1-21-9-11-24(44(39,40)36-13-15-43-16-14-36)20-25(21)33-30(38)26(17-22-7-5-4-6-8-22)34-31(32)35-29(37)19-23-10-12-27(41-2)28(18-23)42-3;3-2(4,5)1(6)7/h9-12,18,20,22,26H,4-8,13-17,19H2,1-3H3,(H,33,38)(H3,32,34,35,37);(H,6,7)/t26-;/m1./s1. The summed E-state index contributed by atoms with van der Waals surface area (Å²) in [4.78, 5) is 39.9. The minimum atomic E-state index is -5.08. The van der Waals surface area contributed by atoms with E-state index in [2.05, 4.69) is 15.6 Å². The number of benzene rings is 2. The Morgan fingerprint density at radius 1 is 1.04 bits per heavy atom. The number of halogens is 3. The molecule has 1 heterocycles. The average molecular weight is 744 g/mol. The van der Waals surface area contributed by atoms with E-state index in [9.17, 15) is 31.2 Å². The minimum absolute atomic E-state index is 0.0136. The number of carbonyl (C=O) groups excluding carboxylic acids is 2. The van der Waals surface area contributed by atoms with Gasteiger partial charge in [-0.3, -0.25) is 14.9 Å². The minimum Gasteiger partial charge on any atom is -0.493 e. The van der Waals surface area contributed by atoms with Crippen molar-refractivity contribution in [2.45, 2.75) is 69.0 Å². The van der Waals surface area contributed by atoms with Crippen LogP contribution >= 0.6 is 0 Å². The maximum Gasteiger partial charge on any atom is 0.490 e. The van der Waals surface area contributed by atoms with Crippen LogP contribution in [0.2, 0.25) is 0 Å². The van der Waals surface area contributed by atoms with Crippen LogP contribution in [-0.2, 0) is 35.6 Å². The van der Waals surface area contributed by atoms with E-state index < -0.39 is 40.0 Å². The summed E-state index contributed by atoms with van der Waals surface area (Å²) >= 11 is 0. The van der Waals surface area contributed by atoms with Crippen molar-refractivity contribution in [1.82, 2.24) is 9.62 Å². The Labute approximate surface area is 294 Å². The van der Waals surface area contributed by atoms with Crippen molar-refractivity contribution in [2.24, 2.45) is 16.6 Å². The lowest BCUT2D eigenvalue weighted by molar-refractivity contribution is -0.192. The zero-order valence-electron chi connectivity index (χ0n) is 28.6. The van der Waals surface area contributed by atoms with Gasteiger partial charge in [0.25, 0.3) is 0 Å². The molecule has 2 amide bonds. The van der Waals surface area contributed by atoms with Gasteiger partial charge in [0.2, 0.25) is 21.8 Å². The van der Waals surface area contributed by atoms with Gasteiger partial charge in [-0.1, -0.05) is 44.2 Å². The topological polar surface area (TPSA) is 199 Å². The summed E-state index contributed by atoms with van der Waals surface area (Å²) in [6.45, 7) is 3.01. The van der Waals surface area contributed by atoms with Crippen LogP contribution in [-0.4, -0.2) is 94.3 Å². The normalized spacial score (nSPS) is 16.6. The fraction of sp³-hybridized carbons (Fsp3) is 0.515. The van der Waals surface area contributed by atoms with Gasteiger partial charge in [-0.25, -0.2) is 18.2 Å². The molecule has 1 saturated heterocycles. The number of aliphatic carboxylic acids is 1. The molecule has 2 aromatic carbocycles. The summed E-state index contributed by atoms with van der Waals surface area (Å²) in [6, 6.07) is 8.99. The molecule has 14 nitrogen and oxygen atoms in total. The molecule has 0 unspecified atom stereocenters. The first-order chi connectivity index (χ1) is 24.0. The Bertz CT molecular complexity index is 1660. The molecule has 0 spiro atoms. The van der Waals surface area contributed by atoms with E-state index in [1.807, 2.05) is 0 Å². The van der Waals surface area contributed by atoms with Crippen LogP contribution in [0.3, 0.4) is 0 Å². The largest absolute Gasteiger partial charge is 0.493 e. The molecule has 2 fully saturated rings. The lowest BCUT2D eigenvalue weighted by Crippen LogP contribution is -2.41. The summed E-state index contributed by atoms with van der Waals surface area (Å²) in [6.07, 6.45) is 0.688.